The van der Waals surface area contributed by atoms with Crippen LogP contribution in [0.3, 0.4) is 0 Å². The summed E-state index contributed by atoms with van der Waals surface area (Å²) in [6.07, 6.45) is 0. The lowest BCUT2D eigenvalue weighted by molar-refractivity contribution is -0.122. The van der Waals surface area contributed by atoms with Crippen molar-refractivity contribution < 1.29 is 9.59 Å². The fourth-order valence-corrected chi connectivity index (χ4v) is 1.78. The molecule has 0 aromatic heterocycles. The zero-order valence-corrected chi connectivity index (χ0v) is 13.2. The maximum atomic E-state index is 12.0. The lowest BCUT2D eigenvalue weighted by Crippen LogP contribution is -2.41. The minimum Gasteiger partial charge on any atom is -0.397 e. The second-order valence-electron chi connectivity index (χ2n) is 5.53. The first-order chi connectivity index (χ1) is 9.72. The number of amides is 2. The number of carbonyl (C=O) groups excluding carboxylic acids is 2. The van der Waals surface area contributed by atoms with Gasteiger partial charge in [-0.3, -0.25) is 9.59 Å². The Kier molecular flexibility index (Phi) is 5.58. The lowest BCUT2D eigenvalue weighted by atomic mass is 10.1. The van der Waals surface area contributed by atoms with Gasteiger partial charge in [0.15, 0.2) is 0 Å². The molecule has 1 rings (SSSR count). The largest absolute Gasteiger partial charge is 0.397 e. The highest BCUT2D eigenvalue weighted by Gasteiger charge is 2.16. The molecule has 2 amide bonds. The summed E-state index contributed by atoms with van der Waals surface area (Å²) in [4.78, 5) is 25.3. The standard InChI is InChI=1S/C15H24N4O2/c1-9(2)17-14(20)10(3)18-13-8-11(6-7-12(13)16)15(21)19(4)5/h6-10,18H,16H2,1-5H3,(H,17,20). The number of hydrogen-bond acceptors (Lipinski definition) is 4. The van der Waals surface area contributed by atoms with Crippen molar-refractivity contribution in [2.75, 3.05) is 25.1 Å². The molecule has 6 heteroatoms. The van der Waals surface area contributed by atoms with E-state index in [1.165, 1.54) is 4.90 Å². The van der Waals surface area contributed by atoms with Gasteiger partial charge in [0, 0.05) is 25.7 Å². The third-order valence-electron chi connectivity index (χ3n) is 2.90. The molecular formula is C15H24N4O2. The molecule has 0 fully saturated rings. The molecule has 116 valence electrons. The fourth-order valence-electron chi connectivity index (χ4n) is 1.78. The molecule has 0 aliphatic rings. The smallest absolute Gasteiger partial charge is 0.253 e. The van der Waals surface area contributed by atoms with Gasteiger partial charge in [0.05, 0.1) is 11.4 Å². The zero-order chi connectivity index (χ0) is 16.2. The lowest BCUT2D eigenvalue weighted by Gasteiger charge is -2.19. The number of nitrogens with two attached hydrogens (primary N) is 1. The van der Waals surface area contributed by atoms with E-state index in [1.807, 2.05) is 13.8 Å². The summed E-state index contributed by atoms with van der Waals surface area (Å²) >= 11 is 0. The quantitative estimate of drug-likeness (QED) is 0.714. The van der Waals surface area contributed by atoms with E-state index in [-0.39, 0.29) is 17.9 Å². The summed E-state index contributed by atoms with van der Waals surface area (Å²) < 4.78 is 0. The summed E-state index contributed by atoms with van der Waals surface area (Å²) in [6.45, 7) is 5.54. The second kappa shape index (κ2) is 6.97. The fraction of sp³-hybridized carbons (Fsp3) is 0.467. The normalized spacial score (nSPS) is 11.9. The molecule has 0 heterocycles. The Bertz CT molecular complexity index is 526. The molecule has 6 nitrogen and oxygen atoms in total. The van der Waals surface area contributed by atoms with Gasteiger partial charge in [-0.25, -0.2) is 0 Å². The van der Waals surface area contributed by atoms with Gasteiger partial charge in [-0.1, -0.05) is 0 Å². The van der Waals surface area contributed by atoms with E-state index >= 15 is 0 Å². The number of rotatable bonds is 5. The Morgan fingerprint density at radius 1 is 1.19 bits per heavy atom. The topological polar surface area (TPSA) is 87.5 Å². The van der Waals surface area contributed by atoms with Crippen LogP contribution in [-0.2, 0) is 4.79 Å². The van der Waals surface area contributed by atoms with E-state index in [2.05, 4.69) is 10.6 Å². The Morgan fingerprint density at radius 3 is 2.33 bits per heavy atom. The molecule has 0 aliphatic heterocycles. The van der Waals surface area contributed by atoms with Gasteiger partial charge >= 0.3 is 0 Å². The van der Waals surface area contributed by atoms with Gasteiger partial charge in [0.25, 0.3) is 5.91 Å². The van der Waals surface area contributed by atoms with E-state index in [0.29, 0.717) is 16.9 Å². The highest BCUT2D eigenvalue weighted by Crippen LogP contribution is 2.21. The van der Waals surface area contributed by atoms with Gasteiger partial charge < -0.3 is 21.3 Å². The maximum Gasteiger partial charge on any atom is 0.253 e. The Balaban J connectivity index is 2.90. The van der Waals surface area contributed by atoms with E-state index in [9.17, 15) is 9.59 Å². The van der Waals surface area contributed by atoms with Crippen LogP contribution >= 0.6 is 0 Å². The van der Waals surface area contributed by atoms with Crippen LogP contribution in [0.2, 0.25) is 0 Å². The molecule has 1 unspecified atom stereocenters. The SMILES string of the molecule is CC(C)NC(=O)C(C)Nc1cc(C(=O)N(C)C)ccc1N. The minimum atomic E-state index is -0.445. The summed E-state index contributed by atoms with van der Waals surface area (Å²) in [5.41, 5.74) is 7.49. The summed E-state index contributed by atoms with van der Waals surface area (Å²) in [6, 6.07) is 4.62. The van der Waals surface area contributed by atoms with Crippen LogP contribution in [0, 0.1) is 0 Å². The van der Waals surface area contributed by atoms with Crippen molar-refractivity contribution in [3.63, 3.8) is 0 Å². The van der Waals surface area contributed by atoms with Gasteiger partial charge in [0.1, 0.15) is 6.04 Å². The van der Waals surface area contributed by atoms with E-state index < -0.39 is 6.04 Å². The maximum absolute atomic E-state index is 12.0. The molecule has 0 bridgehead atoms. The van der Waals surface area contributed by atoms with Crippen molar-refractivity contribution >= 4 is 23.2 Å². The predicted molar refractivity (Wildman–Crippen MR) is 85.2 cm³/mol. The molecule has 0 spiro atoms. The summed E-state index contributed by atoms with van der Waals surface area (Å²) in [5, 5.41) is 5.86. The molecule has 0 radical (unpaired) electrons. The molecule has 1 aromatic rings. The van der Waals surface area contributed by atoms with Crippen molar-refractivity contribution in [2.45, 2.75) is 32.9 Å². The molecule has 0 saturated carbocycles. The Morgan fingerprint density at radius 2 is 1.81 bits per heavy atom. The number of benzene rings is 1. The predicted octanol–water partition coefficient (Wildman–Crippen LogP) is 1.30. The molecule has 21 heavy (non-hydrogen) atoms. The monoisotopic (exact) mass is 292 g/mol. The zero-order valence-electron chi connectivity index (χ0n) is 13.2. The van der Waals surface area contributed by atoms with Crippen LogP contribution in [0.1, 0.15) is 31.1 Å². The van der Waals surface area contributed by atoms with Crippen LogP contribution in [0.15, 0.2) is 18.2 Å². The number of nitrogens with zero attached hydrogens (tertiary/aromatic N) is 1. The number of nitrogens with one attached hydrogen (secondary N) is 2. The Labute approximate surface area is 125 Å². The highest BCUT2D eigenvalue weighted by molar-refractivity contribution is 5.96. The average molecular weight is 292 g/mol. The first-order valence-electron chi connectivity index (χ1n) is 6.90. The van der Waals surface area contributed by atoms with Crippen molar-refractivity contribution in [1.82, 2.24) is 10.2 Å². The van der Waals surface area contributed by atoms with Gasteiger partial charge in [-0.2, -0.15) is 0 Å². The third kappa shape index (κ3) is 4.66. The first-order valence-corrected chi connectivity index (χ1v) is 6.90. The molecule has 1 aromatic carbocycles. The van der Waals surface area contributed by atoms with E-state index in [1.54, 1.807) is 39.2 Å². The number of anilines is 2. The van der Waals surface area contributed by atoms with Gasteiger partial charge in [-0.15, -0.1) is 0 Å². The van der Waals surface area contributed by atoms with Crippen molar-refractivity contribution in [3.8, 4) is 0 Å². The number of hydrogen-bond donors (Lipinski definition) is 3. The van der Waals surface area contributed by atoms with Crippen molar-refractivity contribution in [3.05, 3.63) is 23.8 Å². The van der Waals surface area contributed by atoms with Crippen LogP contribution in [0.4, 0.5) is 11.4 Å². The summed E-state index contributed by atoms with van der Waals surface area (Å²) in [5.74, 6) is -0.230. The number of nitrogen functional groups attached to an aromatic ring is 1. The van der Waals surface area contributed by atoms with Crippen LogP contribution in [-0.4, -0.2) is 42.9 Å². The van der Waals surface area contributed by atoms with Crippen LogP contribution < -0.4 is 16.4 Å². The second-order valence-corrected chi connectivity index (χ2v) is 5.53. The molecule has 0 saturated heterocycles. The molecule has 0 aliphatic carbocycles. The van der Waals surface area contributed by atoms with Crippen LogP contribution in [0.5, 0.6) is 0 Å². The minimum absolute atomic E-state index is 0.0701. The molecular weight excluding hydrogens is 268 g/mol. The van der Waals surface area contributed by atoms with Gasteiger partial charge in [0.2, 0.25) is 5.91 Å². The van der Waals surface area contributed by atoms with Crippen molar-refractivity contribution in [2.24, 2.45) is 0 Å². The van der Waals surface area contributed by atoms with Gasteiger partial charge in [-0.05, 0) is 39.0 Å². The van der Waals surface area contributed by atoms with E-state index in [4.69, 9.17) is 5.73 Å². The molecule has 4 N–H and O–H groups in total. The van der Waals surface area contributed by atoms with E-state index in [0.717, 1.165) is 0 Å². The Hall–Kier alpha value is -2.24. The molecule has 1 atom stereocenters. The average Bonchev–Trinajstić information content (AvgIpc) is 2.39. The number of carbonyl (C=O) groups is 2. The highest BCUT2D eigenvalue weighted by atomic mass is 16.2. The summed E-state index contributed by atoms with van der Waals surface area (Å²) in [7, 11) is 3.37. The third-order valence-corrected chi connectivity index (χ3v) is 2.90. The van der Waals surface area contributed by atoms with Crippen molar-refractivity contribution in [1.29, 1.82) is 0 Å². The first kappa shape index (κ1) is 16.8. The van der Waals surface area contributed by atoms with Crippen LogP contribution in [0.25, 0.3) is 0 Å².